The number of nitrogens with one attached hydrogen (secondary N) is 2. The van der Waals surface area contributed by atoms with Gasteiger partial charge in [-0.05, 0) is 36.4 Å². The van der Waals surface area contributed by atoms with Crippen LogP contribution in [-0.4, -0.2) is 30.8 Å². The van der Waals surface area contributed by atoms with Gasteiger partial charge in [-0.2, -0.15) is 0 Å². The van der Waals surface area contributed by atoms with E-state index >= 15 is 0 Å². The van der Waals surface area contributed by atoms with Gasteiger partial charge < -0.3 is 14.8 Å². The number of anilines is 2. The van der Waals surface area contributed by atoms with Gasteiger partial charge in [-0.15, -0.1) is 0 Å². The Morgan fingerprint density at radius 1 is 0.943 bits per heavy atom. The third-order valence-corrected chi connectivity index (χ3v) is 5.32. The second-order valence-electron chi connectivity index (χ2n) is 7.73. The van der Waals surface area contributed by atoms with Crippen molar-refractivity contribution in [3.8, 4) is 5.75 Å². The summed E-state index contributed by atoms with van der Waals surface area (Å²) < 4.78 is 10.8. The first-order chi connectivity index (χ1) is 16.9. The molecule has 178 valence electrons. The molecule has 0 bridgehead atoms. The number of methoxy groups -OCH3 is 1. The van der Waals surface area contributed by atoms with Crippen molar-refractivity contribution >= 4 is 35.1 Å². The van der Waals surface area contributed by atoms with Crippen molar-refractivity contribution in [1.29, 1.82) is 0 Å². The van der Waals surface area contributed by atoms with E-state index < -0.39 is 18.0 Å². The van der Waals surface area contributed by atoms with Gasteiger partial charge in [-0.3, -0.25) is 19.8 Å². The maximum atomic E-state index is 13.1. The van der Waals surface area contributed by atoms with E-state index in [-0.39, 0.29) is 30.2 Å². The highest BCUT2D eigenvalue weighted by atomic mass is 16.5. The van der Waals surface area contributed by atoms with Gasteiger partial charge in [0.25, 0.3) is 5.91 Å². The maximum Gasteiger partial charge on any atom is 0.339 e. The van der Waals surface area contributed by atoms with Gasteiger partial charge in [0.05, 0.1) is 18.4 Å². The molecule has 1 atom stereocenters. The zero-order chi connectivity index (χ0) is 24.8. The number of carbonyl (C=O) groups is 4. The summed E-state index contributed by atoms with van der Waals surface area (Å²) in [6.07, 6.45) is -0.965. The molecule has 1 aliphatic rings. The monoisotopic (exact) mass is 473 g/mol. The number of carbonyl (C=O) groups excluding carboxylic acids is 4. The van der Waals surface area contributed by atoms with Crippen LogP contribution < -0.4 is 20.5 Å². The number of rotatable bonds is 7. The summed E-state index contributed by atoms with van der Waals surface area (Å²) in [5.74, 6) is -1.20. The molecule has 0 radical (unpaired) electrons. The lowest BCUT2D eigenvalue weighted by Crippen LogP contribution is -2.50. The Bertz CT molecular complexity index is 1240. The Morgan fingerprint density at radius 3 is 2.40 bits per heavy atom. The maximum absolute atomic E-state index is 13.1. The van der Waals surface area contributed by atoms with Crippen molar-refractivity contribution in [2.75, 3.05) is 17.4 Å². The molecule has 3 amide bonds. The third kappa shape index (κ3) is 5.64. The molecule has 4 rings (SSSR count). The van der Waals surface area contributed by atoms with Crippen molar-refractivity contribution in [3.05, 3.63) is 90.0 Å². The van der Waals surface area contributed by atoms with Crippen molar-refractivity contribution in [2.24, 2.45) is 0 Å². The van der Waals surface area contributed by atoms with Crippen LogP contribution >= 0.6 is 0 Å². The van der Waals surface area contributed by atoms with Crippen LogP contribution in [0.3, 0.4) is 0 Å². The minimum atomic E-state index is -1.21. The Morgan fingerprint density at radius 2 is 1.69 bits per heavy atom. The minimum Gasteiger partial charge on any atom is -0.497 e. The lowest BCUT2D eigenvalue weighted by atomic mass is 10.1. The van der Waals surface area contributed by atoms with Crippen LogP contribution in [0, 0.1) is 0 Å². The summed E-state index contributed by atoms with van der Waals surface area (Å²) in [4.78, 5) is 49.7. The molecule has 0 aliphatic carbocycles. The smallest absolute Gasteiger partial charge is 0.339 e. The van der Waals surface area contributed by atoms with E-state index in [2.05, 4.69) is 10.7 Å². The molecule has 35 heavy (non-hydrogen) atoms. The standard InChI is InChI=1S/C26H23N3O6/c1-34-21-9-5-8-19(16-21)27-25(32)24(17-6-3-2-4-7-17)35-26(33)18-10-12-20(13-11-18)29-23(31)15-14-22(30)28-29/h2-13,16,24H,14-15H2,1H3,(H,27,32)(H,28,30). The lowest BCUT2D eigenvalue weighted by Gasteiger charge is -2.27. The molecule has 1 aliphatic heterocycles. The van der Waals surface area contributed by atoms with Crippen molar-refractivity contribution < 1.29 is 28.7 Å². The molecule has 0 saturated carbocycles. The molecule has 3 aromatic rings. The van der Waals surface area contributed by atoms with Crippen molar-refractivity contribution in [1.82, 2.24) is 5.43 Å². The second kappa shape index (κ2) is 10.5. The fourth-order valence-electron chi connectivity index (χ4n) is 3.51. The normalized spacial score (nSPS) is 14.0. The Labute approximate surface area is 201 Å². The van der Waals surface area contributed by atoms with Gasteiger partial charge in [0.2, 0.25) is 17.9 Å². The predicted molar refractivity (Wildman–Crippen MR) is 128 cm³/mol. The van der Waals surface area contributed by atoms with E-state index in [1.807, 2.05) is 0 Å². The summed E-state index contributed by atoms with van der Waals surface area (Å²) in [5.41, 5.74) is 4.08. The van der Waals surface area contributed by atoms with Crippen molar-refractivity contribution in [2.45, 2.75) is 18.9 Å². The minimum absolute atomic E-state index is 0.108. The van der Waals surface area contributed by atoms with E-state index in [0.29, 0.717) is 22.7 Å². The largest absolute Gasteiger partial charge is 0.497 e. The first-order valence-corrected chi connectivity index (χ1v) is 10.9. The summed E-state index contributed by atoms with van der Waals surface area (Å²) in [5, 5.41) is 3.90. The van der Waals surface area contributed by atoms with E-state index in [1.54, 1.807) is 54.6 Å². The first-order valence-electron chi connectivity index (χ1n) is 10.9. The Hall–Kier alpha value is -4.66. The predicted octanol–water partition coefficient (Wildman–Crippen LogP) is 3.39. The van der Waals surface area contributed by atoms with Gasteiger partial charge in [0.15, 0.2) is 0 Å². The molecule has 3 aromatic carbocycles. The molecule has 2 N–H and O–H groups in total. The first kappa shape index (κ1) is 23.5. The van der Waals surface area contributed by atoms with Crippen LogP contribution in [0.2, 0.25) is 0 Å². The number of hydrazine groups is 1. The average Bonchev–Trinajstić information content (AvgIpc) is 2.89. The Balaban J connectivity index is 1.51. The zero-order valence-corrected chi connectivity index (χ0v) is 18.9. The zero-order valence-electron chi connectivity index (χ0n) is 18.9. The van der Waals surface area contributed by atoms with Crippen LogP contribution in [0.4, 0.5) is 11.4 Å². The summed E-state index contributed by atoms with van der Waals surface area (Å²) in [6.45, 7) is 0. The van der Waals surface area contributed by atoms with Crippen LogP contribution in [-0.2, 0) is 19.1 Å². The van der Waals surface area contributed by atoms with Gasteiger partial charge in [0.1, 0.15) is 5.75 Å². The number of nitrogens with zero attached hydrogens (tertiary/aromatic N) is 1. The SMILES string of the molecule is COc1cccc(NC(=O)C(OC(=O)c2ccc(N3NC(=O)CCC3=O)cc2)c2ccccc2)c1. The molecule has 0 spiro atoms. The van der Waals surface area contributed by atoms with Gasteiger partial charge in [0, 0.05) is 30.2 Å². The summed E-state index contributed by atoms with van der Waals surface area (Å²) in [6, 6.07) is 21.5. The van der Waals surface area contributed by atoms with E-state index in [4.69, 9.17) is 9.47 Å². The van der Waals surface area contributed by atoms with E-state index in [1.165, 1.54) is 31.4 Å². The fourth-order valence-corrected chi connectivity index (χ4v) is 3.51. The number of hydrogen-bond acceptors (Lipinski definition) is 6. The molecule has 0 aromatic heterocycles. The van der Waals surface area contributed by atoms with Crippen LogP contribution in [0.1, 0.15) is 34.9 Å². The summed E-state index contributed by atoms with van der Waals surface area (Å²) in [7, 11) is 1.52. The molecule has 1 unspecified atom stereocenters. The topological polar surface area (TPSA) is 114 Å². The van der Waals surface area contributed by atoms with Crippen LogP contribution in [0.25, 0.3) is 0 Å². The lowest BCUT2D eigenvalue weighted by molar-refractivity contribution is -0.130. The van der Waals surface area contributed by atoms with Crippen LogP contribution in [0.5, 0.6) is 5.75 Å². The van der Waals surface area contributed by atoms with E-state index in [9.17, 15) is 19.2 Å². The average molecular weight is 473 g/mol. The molecule has 1 fully saturated rings. The molecule has 1 heterocycles. The summed E-state index contributed by atoms with van der Waals surface area (Å²) >= 11 is 0. The highest BCUT2D eigenvalue weighted by Gasteiger charge is 2.27. The molecular weight excluding hydrogens is 450 g/mol. The molecule has 1 saturated heterocycles. The third-order valence-electron chi connectivity index (χ3n) is 5.32. The number of ether oxygens (including phenoxy) is 2. The van der Waals surface area contributed by atoms with Crippen LogP contribution in [0.15, 0.2) is 78.9 Å². The van der Waals surface area contributed by atoms with Gasteiger partial charge in [-0.1, -0.05) is 36.4 Å². The van der Waals surface area contributed by atoms with E-state index in [0.717, 1.165) is 5.01 Å². The van der Waals surface area contributed by atoms with Crippen molar-refractivity contribution in [3.63, 3.8) is 0 Å². The highest BCUT2D eigenvalue weighted by molar-refractivity contribution is 6.02. The molecule has 9 heteroatoms. The quantitative estimate of drug-likeness (QED) is 0.509. The molecule has 9 nitrogen and oxygen atoms in total. The Kier molecular flexibility index (Phi) is 7.06. The number of hydrogen-bond donors (Lipinski definition) is 2. The number of esters is 1. The fraction of sp³-hybridized carbons (Fsp3) is 0.154. The second-order valence-corrected chi connectivity index (χ2v) is 7.73. The van der Waals surface area contributed by atoms with Gasteiger partial charge >= 0.3 is 5.97 Å². The highest BCUT2D eigenvalue weighted by Crippen LogP contribution is 2.24. The number of amides is 3. The van der Waals surface area contributed by atoms with Gasteiger partial charge in [-0.25, -0.2) is 9.80 Å². The number of benzene rings is 3. The molecular formula is C26H23N3O6.